The SMILES string of the molecule is O=S(=O)(Cl)CCCCl.[C-]#[N+]c1ccc(/C=C2\CN(S(=O)(=O)CCCCl)C/C(=C\c3ccc(C#N)cc3)C2=O)cc1.[C-]#[N+]c1ccc(/C=C2\CN(S(=O)(=O)CCCN(C)C)C/C(=C\c3ccc(C#N)cc3)C2=O)cc1.[C-]#[N+]c1ccc(/C=C2\CNC/C(=C\c3ccc(C#N)cc3)C2=O)cc1. The number of nitriles is 3. The van der Waals surface area contributed by atoms with Crippen molar-refractivity contribution in [3.05, 3.63) is 263 Å². The number of Topliss-reactive ketones (excluding diaryl/α,β-unsaturated/α-hetero) is 3. The quantitative estimate of drug-likeness (QED) is 0.0363. The average Bonchev–Trinajstić information content (AvgIpc) is 0.801. The highest BCUT2D eigenvalue weighted by atomic mass is 35.7. The summed E-state index contributed by atoms with van der Waals surface area (Å²) < 4.78 is 74.8. The topological polar surface area (TPSA) is 260 Å². The molecule has 0 bridgehead atoms. The van der Waals surface area contributed by atoms with E-state index in [9.17, 15) is 39.6 Å². The van der Waals surface area contributed by atoms with Gasteiger partial charge in [0.25, 0.3) is 0 Å². The van der Waals surface area contributed by atoms with Gasteiger partial charge in [-0.1, -0.05) is 109 Å². The lowest BCUT2D eigenvalue weighted by atomic mass is 9.95. The highest BCUT2D eigenvalue weighted by Crippen LogP contribution is 2.29. The van der Waals surface area contributed by atoms with Crippen LogP contribution in [0.1, 0.15) is 69.3 Å². The van der Waals surface area contributed by atoms with Crippen LogP contribution in [0.25, 0.3) is 51.0 Å². The molecule has 0 unspecified atom stereocenters. The average molecular weight is 1440 g/mol. The minimum absolute atomic E-state index is 0.00158. The van der Waals surface area contributed by atoms with Gasteiger partial charge in [0.05, 0.1) is 71.9 Å². The Hall–Kier alpha value is -9.73. The van der Waals surface area contributed by atoms with E-state index < -0.39 is 29.1 Å². The van der Waals surface area contributed by atoms with Gasteiger partial charge in [-0.15, -0.1) is 23.2 Å². The van der Waals surface area contributed by atoms with E-state index in [0.717, 1.165) is 22.3 Å². The molecule has 9 rings (SSSR count). The van der Waals surface area contributed by atoms with Crippen molar-refractivity contribution in [3.63, 3.8) is 0 Å². The minimum Gasteiger partial charge on any atom is -0.309 e. The van der Waals surface area contributed by atoms with Crippen molar-refractivity contribution in [1.82, 2.24) is 18.8 Å². The van der Waals surface area contributed by atoms with E-state index in [0.29, 0.717) is 123 Å². The molecule has 3 aliphatic rings. The van der Waals surface area contributed by atoms with Crippen LogP contribution in [0.2, 0.25) is 0 Å². The van der Waals surface area contributed by atoms with Gasteiger partial charge in [0.1, 0.15) is 0 Å². The summed E-state index contributed by atoms with van der Waals surface area (Å²) in [4.78, 5) is 51.2. The molecular weight excluding hydrogens is 1380 g/mol. The van der Waals surface area contributed by atoms with Crippen molar-refractivity contribution in [3.8, 4) is 18.2 Å². The molecule has 0 aromatic heterocycles. The van der Waals surface area contributed by atoms with Crippen molar-refractivity contribution in [2.24, 2.45) is 0 Å². The van der Waals surface area contributed by atoms with Crippen LogP contribution in [0, 0.1) is 53.7 Å². The van der Waals surface area contributed by atoms with E-state index in [4.69, 9.17) is 69.4 Å². The number of rotatable bonds is 18. The Labute approximate surface area is 593 Å². The predicted octanol–water partition coefficient (Wildman–Crippen LogP) is 13.1. The molecule has 0 spiro atoms. The van der Waals surface area contributed by atoms with E-state index in [2.05, 4.69) is 32.0 Å². The van der Waals surface area contributed by atoms with Crippen LogP contribution >= 0.6 is 33.9 Å². The molecule has 3 saturated heterocycles. The number of hydrogen-bond acceptors (Lipinski definition) is 14. The fraction of sp³-hybridized carbons (Fsp3) is 0.230. The Morgan fingerprint density at radius 1 is 0.434 bits per heavy atom. The molecule has 19 nitrogen and oxygen atoms in total. The molecule has 6 aromatic rings. The molecule has 0 atom stereocenters. The molecule has 25 heteroatoms. The van der Waals surface area contributed by atoms with Gasteiger partial charge in [0.2, 0.25) is 29.1 Å². The highest BCUT2D eigenvalue weighted by Gasteiger charge is 2.35. The summed E-state index contributed by atoms with van der Waals surface area (Å²) in [6.45, 7) is 22.8. The zero-order chi connectivity index (χ0) is 72.1. The maximum Gasteiger partial charge on any atom is 0.232 e. The summed E-state index contributed by atoms with van der Waals surface area (Å²) in [5, 5.41) is 30.1. The van der Waals surface area contributed by atoms with E-state index in [-0.39, 0.29) is 66.7 Å². The lowest BCUT2D eigenvalue weighted by Crippen LogP contribution is -2.42. The number of sulfonamides is 2. The van der Waals surface area contributed by atoms with Gasteiger partial charge >= 0.3 is 0 Å². The Morgan fingerprint density at radius 3 is 0.929 bits per heavy atom. The number of carbonyl (C=O) groups is 3. The van der Waals surface area contributed by atoms with Gasteiger partial charge in [0, 0.05) is 95.1 Å². The van der Waals surface area contributed by atoms with E-state index >= 15 is 0 Å². The summed E-state index contributed by atoms with van der Waals surface area (Å²) in [5.41, 5.74) is 10.6. The zero-order valence-electron chi connectivity index (χ0n) is 54.0. The first kappa shape index (κ1) is 78.3. The standard InChI is InChI=1S/C26H26N4O3S.C24H20ClN3O3S.C21H15N3O.C3H6Cl2O2S/c1-28-25-11-9-21(10-12-25)16-24-19-30(34(32,33)14-4-13-29(2)3)18-23(26(24)31)15-20-5-7-22(17-27)8-6-20;1-27-23-9-7-19(8-10-23)14-22-17-28(32(30,31)12-2-11-25)16-21(24(22)29)13-18-3-5-20(15-26)6-4-18;1-23-20-8-6-16(7-9-20)11-19-14-24-13-18(21(19)25)10-15-2-4-17(12-22)5-3-15;4-2-1-3-8(5,6)7/h5-12,15-16H,4,13-14,18-19H2,2-3H3;3-10,13-14H,2,11-12,16-17H2;2-11,24H,13-14H2;1-3H2/b23-15+,24-16+;21-13+,22-14+;18-10+,19-11+;. The van der Waals surface area contributed by atoms with Gasteiger partial charge < -0.3 is 10.2 Å². The van der Waals surface area contributed by atoms with Crippen molar-refractivity contribution in [2.75, 3.05) is 88.9 Å². The molecule has 0 aliphatic carbocycles. The van der Waals surface area contributed by atoms with Crippen molar-refractivity contribution in [2.45, 2.75) is 19.3 Å². The molecule has 6 aromatic carbocycles. The van der Waals surface area contributed by atoms with Crippen LogP contribution < -0.4 is 5.32 Å². The van der Waals surface area contributed by atoms with Crippen LogP contribution in [0.15, 0.2) is 179 Å². The van der Waals surface area contributed by atoms with Gasteiger partial charge in [-0.2, -0.15) is 24.4 Å². The maximum atomic E-state index is 13.3. The normalized spacial score (nSPS) is 16.8. The second-order valence-corrected chi connectivity index (χ2v) is 30.4. The second kappa shape index (κ2) is 38.4. The third kappa shape index (κ3) is 25.3. The summed E-state index contributed by atoms with van der Waals surface area (Å²) in [6.07, 6.45) is 11.6. The van der Waals surface area contributed by atoms with Gasteiger partial charge in [-0.05, 0) is 146 Å². The van der Waals surface area contributed by atoms with Crippen LogP contribution in [0.3, 0.4) is 0 Å². The number of ketones is 3. The molecule has 3 fully saturated rings. The van der Waals surface area contributed by atoms with Gasteiger partial charge in [-0.25, -0.2) is 39.8 Å². The number of hydrogen-bond donors (Lipinski definition) is 1. The molecule has 1 N–H and O–H groups in total. The minimum atomic E-state index is -3.61. The largest absolute Gasteiger partial charge is 0.309 e. The smallest absolute Gasteiger partial charge is 0.232 e. The highest BCUT2D eigenvalue weighted by molar-refractivity contribution is 8.13. The summed E-state index contributed by atoms with van der Waals surface area (Å²) in [5.74, 6) is 0.0290. The molecule has 0 radical (unpaired) electrons. The molecule has 506 valence electrons. The van der Waals surface area contributed by atoms with Gasteiger partial charge in [-0.3, -0.25) is 14.4 Å². The third-order valence-electron chi connectivity index (χ3n) is 14.9. The first-order chi connectivity index (χ1) is 47.3. The number of piperidine rings is 3. The van der Waals surface area contributed by atoms with Crippen molar-refractivity contribution >= 4 is 134 Å². The molecule has 3 aliphatic heterocycles. The number of alkyl halides is 2. The molecule has 3 heterocycles. The number of nitrogens with one attached hydrogen (secondary N) is 1. The summed E-state index contributed by atoms with van der Waals surface area (Å²) in [6, 6.07) is 47.5. The zero-order valence-corrected chi connectivity index (χ0v) is 58.7. The summed E-state index contributed by atoms with van der Waals surface area (Å²) >= 11 is 10.9. The second-order valence-electron chi connectivity index (χ2n) is 22.6. The predicted molar refractivity (Wildman–Crippen MR) is 392 cm³/mol. The van der Waals surface area contributed by atoms with Crippen molar-refractivity contribution in [1.29, 1.82) is 15.8 Å². The Balaban J connectivity index is 0.000000223. The van der Waals surface area contributed by atoms with E-state index in [1.54, 1.807) is 146 Å². The Morgan fingerprint density at radius 2 is 0.687 bits per heavy atom. The Kier molecular flexibility index (Phi) is 30.4. The van der Waals surface area contributed by atoms with Crippen molar-refractivity contribution < 1.29 is 39.6 Å². The summed E-state index contributed by atoms with van der Waals surface area (Å²) in [7, 11) is -1.88. The Bertz CT molecular complexity index is 4490. The van der Waals surface area contributed by atoms with Gasteiger partial charge in [0.15, 0.2) is 34.4 Å². The van der Waals surface area contributed by atoms with Crippen LogP contribution in [0.5, 0.6) is 0 Å². The number of halogens is 3. The van der Waals surface area contributed by atoms with E-state index in [1.165, 1.54) is 8.61 Å². The molecule has 0 saturated carbocycles. The molecule has 0 amide bonds. The van der Waals surface area contributed by atoms with E-state index in [1.807, 2.05) is 61.5 Å². The fourth-order valence-electron chi connectivity index (χ4n) is 9.73. The maximum absolute atomic E-state index is 13.3. The number of carbonyl (C=O) groups excluding carboxylic acids is 3. The lowest BCUT2D eigenvalue weighted by Gasteiger charge is -2.29. The first-order valence-corrected chi connectivity index (χ1v) is 37.3. The van der Waals surface area contributed by atoms with Crippen LogP contribution in [-0.4, -0.2) is 145 Å². The monoisotopic (exact) mass is 1440 g/mol. The van der Waals surface area contributed by atoms with Crippen LogP contribution in [-0.2, 0) is 43.5 Å². The number of nitrogens with zero attached hydrogens (tertiary/aromatic N) is 9. The lowest BCUT2D eigenvalue weighted by molar-refractivity contribution is -0.113. The fourth-order valence-corrected chi connectivity index (χ4v) is 14.0. The van der Waals surface area contributed by atoms with Crippen LogP contribution in [0.4, 0.5) is 17.1 Å². The molecule has 99 heavy (non-hydrogen) atoms. The number of benzene rings is 6. The third-order valence-corrected chi connectivity index (χ3v) is 20.3. The first-order valence-electron chi connectivity index (χ1n) is 30.5. The molecular formula is C74H67Cl3N10O9S3.